The summed E-state index contributed by atoms with van der Waals surface area (Å²) in [7, 11) is 0. The Morgan fingerprint density at radius 3 is 2.50 bits per heavy atom. The molecule has 34 heavy (non-hydrogen) atoms. The number of carbonyl (C=O) groups is 3. The molecule has 1 aliphatic rings. The van der Waals surface area contributed by atoms with Gasteiger partial charge in [0.15, 0.2) is 0 Å². The maximum Gasteiger partial charge on any atom is 0.293 e. The zero-order chi connectivity index (χ0) is 24.2. The van der Waals surface area contributed by atoms with Crippen molar-refractivity contribution >= 4 is 46.5 Å². The van der Waals surface area contributed by atoms with Crippen molar-refractivity contribution in [1.29, 1.82) is 0 Å². The van der Waals surface area contributed by atoms with Gasteiger partial charge in [0, 0.05) is 23.8 Å². The molecule has 3 aromatic rings. The summed E-state index contributed by atoms with van der Waals surface area (Å²) in [6.45, 7) is 4.45. The molecule has 0 atom stereocenters. The van der Waals surface area contributed by atoms with Gasteiger partial charge in [-0.25, -0.2) is 0 Å². The van der Waals surface area contributed by atoms with E-state index < -0.39 is 0 Å². The molecule has 7 nitrogen and oxygen atoms in total. The van der Waals surface area contributed by atoms with E-state index in [1.165, 1.54) is 0 Å². The fourth-order valence-corrected chi connectivity index (χ4v) is 4.70. The lowest BCUT2D eigenvalue weighted by atomic mass is 10.1. The number of halogens is 1. The summed E-state index contributed by atoms with van der Waals surface area (Å²) in [6.07, 6.45) is 1.66. The number of nitrogens with zero attached hydrogens (tertiary/aromatic N) is 3. The quantitative estimate of drug-likeness (QED) is 0.482. The number of rotatable bonds is 7. The first-order chi connectivity index (χ1) is 16.3. The molecule has 1 fully saturated rings. The van der Waals surface area contributed by atoms with Crippen molar-refractivity contribution in [2.24, 2.45) is 0 Å². The van der Waals surface area contributed by atoms with Gasteiger partial charge in [-0.05, 0) is 54.9 Å². The van der Waals surface area contributed by atoms with Crippen LogP contribution in [0.4, 0.5) is 4.79 Å². The van der Waals surface area contributed by atoms with Crippen LogP contribution in [0.1, 0.15) is 32.9 Å². The van der Waals surface area contributed by atoms with Crippen molar-refractivity contribution in [3.63, 3.8) is 0 Å². The number of carbonyl (C=O) groups excluding carboxylic acids is 3. The van der Waals surface area contributed by atoms with Crippen LogP contribution in [-0.2, 0) is 11.3 Å². The van der Waals surface area contributed by atoms with Crippen molar-refractivity contribution < 1.29 is 14.4 Å². The summed E-state index contributed by atoms with van der Waals surface area (Å²) in [5, 5.41) is 7.56. The molecule has 3 amide bonds. The number of aromatic nitrogens is 2. The van der Waals surface area contributed by atoms with Crippen molar-refractivity contribution in [1.82, 2.24) is 20.0 Å². The molecular weight excluding hydrogens is 472 g/mol. The van der Waals surface area contributed by atoms with E-state index in [2.05, 4.69) is 10.4 Å². The highest BCUT2D eigenvalue weighted by molar-refractivity contribution is 8.18. The molecule has 1 saturated heterocycles. The molecule has 0 aliphatic carbocycles. The van der Waals surface area contributed by atoms with Crippen LogP contribution in [0.3, 0.4) is 0 Å². The molecule has 0 saturated carbocycles. The number of hydrogen-bond acceptors (Lipinski definition) is 5. The first kappa shape index (κ1) is 23.8. The van der Waals surface area contributed by atoms with Gasteiger partial charge in [-0.15, -0.1) is 0 Å². The summed E-state index contributed by atoms with van der Waals surface area (Å²) < 4.78 is 1.80. The highest BCUT2D eigenvalue weighted by atomic mass is 35.5. The second kappa shape index (κ2) is 10.3. The van der Waals surface area contributed by atoms with Crippen LogP contribution in [0, 0.1) is 13.8 Å². The largest absolute Gasteiger partial charge is 0.350 e. The Hall–Kier alpha value is -3.36. The van der Waals surface area contributed by atoms with Crippen LogP contribution >= 0.6 is 23.4 Å². The van der Waals surface area contributed by atoms with Crippen molar-refractivity contribution in [3.05, 3.63) is 92.6 Å². The summed E-state index contributed by atoms with van der Waals surface area (Å²) in [5.41, 5.74) is 3.76. The molecule has 1 aromatic heterocycles. The van der Waals surface area contributed by atoms with Crippen LogP contribution in [-0.4, -0.2) is 44.8 Å². The summed E-state index contributed by atoms with van der Waals surface area (Å²) >= 11 is 6.78. The Morgan fingerprint density at radius 2 is 1.79 bits per heavy atom. The van der Waals surface area contributed by atoms with E-state index in [1.807, 2.05) is 37.3 Å². The summed E-state index contributed by atoms with van der Waals surface area (Å²) in [5.74, 6) is -0.653. The molecular formula is C25H23ClN4O3S. The zero-order valence-corrected chi connectivity index (χ0v) is 20.3. The summed E-state index contributed by atoms with van der Waals surface area (Å²) in [4.78, 5) is 39.4. The van der Waals surface area contributed by atoms with Crippen LogP contribution in [0.2, 0.25) is 5.02 Å². The minimum Gasteiger partial charge on any atom is -0.350 e. The predicted molar refractivity (Wildman–Crippen MR) is 134 cm³/mol. The highest BCUT2D eigenvalue weighted by Crippen LogP contribution is 2.32. The normalized spacial score (nSPS) is 14.8. The topological polar surface area (TPSA) is 84.3 Å². The number of thioether (sulfide) groups is 1. The average Bonchev–Trinajstić information content (AvgIpc) is 3.24. The van der Waals surface area contributed by atoms with Crippen LogP contribution < -0.4 is 5.32 Å². The molecule has 9 heteroatoms. The molecule has 0 radical (unpaired) electrons. The van der Waals surface area contributed by atoms with Gasteiger partial charge < -0.3 is 5.32 Å². The van der Waals surface area contributed by atoms with Crippen molar-refractivity contribution in [3.8, 4) is 0 Å². The van der Waals surface area contributed by atoms with Crippen LogP contribution in [0.5, 0.6) is 0 Å². The second-order valence-corrected chi connectivity index (χ2v) is 9.26. The molecule has 1 N–H and O–H groups in total. The molecule has 2 heterocycles. The molecule has 4 rings (SSSR count). The van der Waals surface area contributed by atoms with Gasteiger partial charge in [-0.2, -0.15) is 5.10 Å². The van der Waals surface area contributed by atoms with Gasteiger partial charge in [0.05, 0.1) is 22.7 Å². The van der Waals surface area contributed by atoms with Gasteiger partial charge in [0.2, 0.25) is 0 Å². The second-order valence-electron chi connectivity index (χ2n) is 7.83. The predicted octanol–water partition coefficient (Wildman–Crippen LogP) is 4.67. The third-order valence-corrected chi connectivity index (χ3v) is 6.61. The van der Waals surface area contributed by atoms with E-state index >= 15 is 0 Å². The number of hydrogen-bond donors (Lipinski definition) is 1. The van der Waals surface area contributed by atoms with Gasteiger partial charge >= 0.3 is 0 Å². The SMILES string of the molecule is Cc1nn(Cc2ccccc2)c(C)c1C(=O)NCCN1C(=O)S/C(=C\c2ccc(Cl)cc2)C1=O. The van der Waals surface area contributed by atoms with Gasteiger partial charge in [-0.1, -0.05) is 54.1 Å². The average molecular weight is 495 g/mol. The van der Waals surface area contributed by atoms with E-state index in [0.717, 1.165) is 33.5 Å². The van der Waals surface area contributed by atoms with E-state index in [9.17, 15) is 14.4 Å². The van der Waals surface area contributed by atoms with Crippen LogP contribution in [0.25, 0.3) is 6.08 Å². The third-order valence-electron chi connectivity index (χ3n) is 5.45. The van der Waals surface area contributed by atoms with E-state index in [1.54, 1.807) is 41.9 Å². The maximum atomic E-state index is 12.8. The first-order valence-corrected chi connectivity index (χ1v) is 11.9. The Morgan fingerprint density at radius 1 is 1.09 bits per heavy atom. The number of imide groups is 1. The van der Waals surface area contributed by atoms with Gasteiger partial charge in [-0.3, -0.25) is 24.0 Å². The lowest BCUT2D eigenvalue weighted by molar-refractivity contribution is -0.122. The number of benzene rings is 2. The Labute approximate surface area is 206 Å². The smallest absolute Gasteiger partial charge is 0.293 e. The Bertz CT molecular complexity index is 1270. The minimum absolute atomic E-state index is 0.0879. The zero-order valence-electron chi connectivity index (χ0n) is 18.7. The first-order valence-electron chi connectivity index (χ1n) is 10.7. The fraction of sp³-hybridized carbons (Fsp3) is 0.200. The number of nitrogens with one attached hydrogen (secondary N) is 1. The lowest BCUT2D eigenvalue weighted by Crippen LogP contribution is -2.37. The number of amides is 3. The molecule has 0 spiro atoms. The highest BCUT2D eigenvalue weighted by Gasteiger charge is 2.34. The monoisotopic (exact) mass is 494 g/mol. The van der Waals surface area contributed by atoms with Crippen molar-refractivity contribution in [2.45, 2.75) is 20.4 Å². The van der Waals surface area contributed by atoms with Crippen LogP contribution in [0.15, 0.2) is 59.5 Å². The lowest BCUT2D eigenvalue weighted by Gasteiger charge is -2.13. The standard InChI is InChI=1S/C25H23ClN4O3S/c1-16-22(17(2)30(28-16)15-19-6-4-3-5-7-19)23(31)27-12-13-29-24(32)21(34-25(29)33)14-18-8-10-20(26)11-9-18/h3-11,14H,12-13,15H2,1-2H3,(H,27,31)/b21-14-. The molecule has 0 bridgehead atoms. The summed E-state index contributed by atoms with van der Waals surface area (Å²) in [6, 6.07) is 16.9. The molecule has 1 aliphatic heterocycles. The Kier molecular flexibility index (Phi) is 7.19. The molecule has 174 valence electrons. The fourth-order valence-electron chi connectivity index (χ4n) is 3.71. The van der Waals surface area contributed by atoms with Gasteiger partial charge in [0.25, 0.3) is 17.1 Å². The number of aryl methyl sites for hydroxylation is 1. The van der Waals surface area contributed by atoms with E-state index in [4.69, 9.17) is 11.6 Å². The minimum atomic E-state index is -0.373. The van der Waals surface area contributed by atoms with E-state index in [-0.39, 0.29) is 30.1 Å². The third kappa shape index (κ3) is 5.24. The maximum absolute atomic E-state index is 12.8. The molecule has 2 aromatic carbocycles. The molecule has 0 unspecified atom stereocenters. The van der Waals surface area contributed by atoms with Gasteiger partial charge in [0.1, 0.15) is 0 Å². The Balaban J connectivity index is 1.37. The van der Waals surface area contributed by atoms with E-state index in [0.29, 0.717) is 27.7 Å². The van der Waals surface area contributed by atoms with Crippen molar-refractivity contribution in [2.75, 3.05) is 13.1 Å².